The fraction of sp³-hybridized carbons (Fsp3) is 0.471. The Hall–Kier alpha value is -1.86. The van der Waals surface area contributed by atoms with Gasteiger partial charge in [-0.3, -0.25) is 4.79 Å². The number of ether oxygens (including phenoxy) is 1. The molecule has 24 heavy (non-hydrogen) atoms. The van der Waals surface area contributed by atoms with E-state index >= 15 is 0 Å². The summed E-state index contributed by atoms with van der Waals surface area (Å²) in [5.41, 5.74) is 0.385. The van der Waals surface area contributed by atoms with Crippen molar-refractivity contribution in [3.63, 3.8) is 0 Å². The van der Waals surface area contributed by atoms with E-state index in [1.807, 2.05) is 6.08 Å². The lowest BCUT2D eigenvalue weighted by atomic mass is 9.93. The van der Waals surface area contributed by atoms with Crippen LogP contribution in [0.3, 0.4) is 0 Å². The molecule has 1 aromatic rings. The monoisotopic (exact) mass is 350 g/mol. The number of carbonyl (C=O) groups is 1. The molecule has 0 bridgehead atoms. The number of hydrogen-bond donors (Lipinski definition) is 2. The third-order valence-electron chi connectivity index (χ3n) is 4.28. The summed E-state index contributed by atoms with van der Waals surface area (Å²) in [6, 6.07) is 4.55. The predicted octanol–water partition coefficient (Wildman–Crippen LogP) is 2.43. The lowest BCUT2D eigenvalue weighted by molar-refractivity contribution is -0.120. The molecule has 2 N–H and O–H groups in total. The van der Waals surface area contributed by atoms with E-state index in [4.69, 9.17) is 4.74 Å². The number of rotatable bonds is 6. The Bertz CT molecular complexity index is 754. The maximum atomic E-state index is 12.4. The highest BCUT2D eigenvalue weighted by Crippen LogP contribution is 2.30. The summed E-state index contributed by atoms with van der Waals surface area (Å²) in [6.07, 6.45) is 8.20. The van der Waals surface area contributed by atoms with Crippen molar-refractivity contribution < 1.29 is 17.9 Å². The van der Waals surface area contributed by atoms with E-state index in [-0.39, 0.29) is 22.8 Å². The highest BCUT2D eigenvalue weighted by Gasteiger charge is 2.28. The minimum Gasteiger partial charge on any atom is -0.495 e. The van der Waals surface area contributed by atoms with Crippen molar-refractivity contribution in [2.45, 2.75) is 43.0 Å². The summed E-state index contributed by atoms with van der Waals surface area (Å²) in [6.45, 7) is 0. The van der Waals surface area contributed by atoms with Crippen LogP contribution in [0.25, 0.3) is 0 Å². The van der Waals surface area contributed by atoms with Crippen molar-refractivity contribution >= 4 is 21.6 Å². The first-order valence-corrected chi connectivity index (χ1v) is 9.64. The minimum atomic E-state index is -3.57. The van der Waals surface area contributed by atoms with Crippen LogP contribution in [0.15, 0.2) is 35.2 Å². The third kappa shape index (κ3) is 3.96. The number of benzene rings is 1. The molecule has 1 atom stereocenters. The first-order chi connectivity index (χ1) is 11.5. The summed E-state index contributed by atoms with van der Waals surface area (Å²) >= 11 is 0. The molecule has 3 rings (SSSR count). The fourth-order valence-corrected chi connectivity index (χ4v) is 4.04. The number of hydrogen-bond acceptors (Lipinski definition) is 4. The second kappa shape index (κ2) is 6.94. The van der Waals surface area contributed by atoms with Crippen LogP contribution in [-0.4, -0.2) is 27.5 Å². The van der Waals surface area contributed by atoms with E-state index in [9.17, 15) is 13.2 Å². The maximum absolute atomic E-state index is 12.4. The maximum Gasteiger partial charge on any atom is 0.240 e. The van der Waals surface area contributed by atoms with Gasteiger partial charge < -0.3 is 10.1 Å². The zero-order chi connectivity index (χ0) is 17.2. The Morgan fingerprint density at radius 1 is 1.21 bits per heavy atom. The molecule has 0 heterocycles. The SMILES string of the molecule is COc1ccc(S(=O)(=O)NC2CC2)cc1NC(=O)[C@H]1CC=CCC1. The van der Waals surface area contributed by atoms with E-state index in [0.29, 0.717) is 17.9 Å². The van der Waals surface area contributed by atoms with Crippen molar-refractivity contribution in [2.24, 2.45) is 5.92 Å². The highest BCUT2D eigenvalue weighted by molar-refractivity contribution is 7.89. The number of allylic oxidation sites excluding steroid dienone is 2. The highest BCUT2D eigenvalue weighted by atomic mass is 32.2. The zero-order valence-electron chi connectivity index (χ0n) is 13.6. The molecule has 2 aliphatic carbocycles. The summed E-state index contributed by atoms with van der Waals surface area (Å²) in [5.74, 6) is 0.243. The summed E-state index contributed by atoms with van der Waals surface area (Å²) in [4.78, 5) is 12.6. The fourth-order valence-electron chi connectivity index (χ4n) is 2.71. The molecule has 2 aliphatic rings. The molecule has 1 saturated carbocycles. The van der Waals surface area contributed by atoms with E-state index < -0.39 is 10.0 Å². The predicted molar refractivity (Wildman–Crippen MR) is 91.4 cm³/mol. The normalized spacial score (nSPS) is 20.6. The first kappa shape index (κ1) is 17.0. The number of sulfonamides is 1. The Labute approximate surface area is 142 Å². The topological polar surface area (TPSA) is 84.5 Å². The first-order valence-electron chi connectivity index (χ1n) is 8.16. The molecule has 1 amide bonds. The third-order valence-corrected chi connectivity index (χ3v) is 5.80. The van der Waals surface area contributed by atoms with Crippen molar-refractivity contribution in [1.29, 1.82) is 0 Å². The average Bonchev–Trinajstić information content (AvgIpc) is 3.39. The quantitative estimate of drug-likeness (QED) is 0.772. The van der Waals surface area contributed by atoms with Gasteiger partial charge in [0.2, 0.25) is 15.9 Å². The molecule has 0 aromatic heterocycles. The molecule has 0 radical (unpaired) electrons. The molecule has 0 aliphatic heterocycles. The van der Waals surface area contributed by atoms with Gasteiger partial charge in [-0.05, 0) is 50.3 Å². The molecule has 1 fully saturated rings. The van der Waals surface area contributed by atoms with Gasteiger partial charge in [0.1, 0.15) is 5.75 Å². The van der Waals surface area contributed by atoms with Gasteiger partial charge in [-0.1, -0.05) is 12.2 Å². The van der Waals surface area contributed by atoms with Gasteiger partial charge in [-0.2, -0.15) is 0 Å². The van der Waals surface area contributed by atoms with Crippen molar-refractivity contribution in [2.75, 3.05) is 12.4 Å². The van der Waals surface area contributed by atoms with Crippen LogP contribution < -0.4 is 14.8 Å². The molecule has 6 nitrogen and oxygen atoms in total. The van der Waals surface area contributed by atoms with Gasteiger partial charge in [0.05, 0.1) is 17.7 Å². The van der Waals surface area contributed by atoms with E-state index in [2.05, 4.69) is 16.1 Å². The van der Waals surface area contributed by atoms with Crippen LogP contribution in [0.5, 0.6) is 5.75 Å². The molecule has 1 aromatic carbocycles. The van der Waals surface area contributed by atoms with E-state index in [1.165, 1.54) is 19.2 Å². The van der Waals surface area contributed by atoms with E-state index in [1.54, 1.807) is 6.07 Å². The number of carbonyl (C=O) groups excluding carboxylic acids is 1. The van der Waals surface area contributed by atoms with Crippen LogP contribution in [0.1, 0.15) is 32.1 Å². The average molecular weight is 350 g/mol. The second-order valence-electron chi connectivity index (χ2n) is 6.23. The van der Waals surface area contributed by atoms with Gasteiger partial charge in [0.25, 0.3) is 0 Å². The van der Waals surface area contributed by atoms with Gasteiger partial charge in [0, 0.05) is 12.0 Å². The number of nitrogens with one attached hydrogen (secondary N) is 2. The van der Waals surface area contributed by atoms with Crippen molar-refractivity contribution in [1.82, 2.24) is 4.72 Å². The summed E-state index contributed by atoms with van der Waals surface area (Å²) in [7, 11) is -2.08. The molecule has 0 unspecified atom stereocenters. The zero-order valence-corrected chi connectivity index (χ0v) is 14.4. The van der Waals surface area contributed by atoms with Gasteiger partial charge in [-0.25, -0.2) is 13.1 Å². The largest absolute Gasteiger partial charge is 0.495 e. The number of amides is 1. The number of methoxy groups -OCH3 is 1. The lowest BCUT2D eigenvalue weighted by Crippen LogP contribution is -2.26. The molecule has 130 valence electrons. The Morgan fingerprint density at radius 3 is 2.62 bits per heavy atom. The van der Waals surface area contributed by atoms with E-state index in [0.717, 1.165) is 25.7 Å². The van der Waals surface area contributed by atoms with Crippen LogP contribution in [0, 0.1) is 5.92 Å². The Morgan fingerprint density at radius 2 is 2.00 bits per heavy atom. The summed E-state index contributed by atoms with van der Waals surface area (Å²) in [5, 5.41) is 2.82. The molecular formula is C17H22N2O4S. The second-order valence-corrected chi connectivity index (χ2v) is 7.94. The molecule has 0 spiro atoms. The van der Waals surface area contributed by atoms with Crippen LogP contribution in [0.4, 0.5) is 5.69 Å². The van der Waals surface area contributed by atoms with Gasteiger partial charge in [0.15, 0.2) is 0 Å². The van der Waals surface area contributed by atoms with Crippen LogP contribution in [-0.2, 0) is 14.8 Å². The number of anilines is 1. The Kier molecular flexibility index (Phi) is 4.91. The minimum absolute atomic E-state index is 0.0316. The lowest BCUT2D eigenvalue weighted by Gasteiger charge is -2.19. The van der Waals surface area contributed by atoms with Gasteiger partial charge in [-0.15, -0.1) is 0 Å². The van der Waals surface area contributed by atoms with Crippen molar-refractivity contribution in [3.05, 3.63) is 30.4 Å². The molecule has 0 saturated heterocycles. The molecular weight excluding hydrogens is 328 g/mol. The Balaban J connectivity index is 1.81. The summed E-state index contributed by atoms with van der Waals surface area (Å²) < 4.78 is 32.6. The van der Waals surface area contributed by atoms with Gasteiger partial charge >= 0.3 is 0 Å². The van der Waals surface area contributed by atoms with Crippen LogP contribution in [0.2, 0.25) is 0 Å². The van der Waals surface area contributed by atoms with Crippen molar-refractivity contribution in [3.8, 4) is 5.75 Å². The molecule has 7 heteroatoms. The smallest absolute Gasteiger partial charge is 0.240 e. The van der Waals surface area contributed by atoms with Crippen LogP contribution >= 0.6 is 0 Å². The standard InChI is InChI=1S/C17H22N2O4S/c1-23-16-10-9-14(24(21,22)19-13-7-8-13)11-15(16)18-17(20)12-5-3-2-4-6-12/h2-3,9-13,19H,4-8H2,1H3,(H,18,20)/t12-/m0/s1.